The molecule has 33 heavy (non-hydrogen) atoms. The van der Waals surface area contributed by atoms with Crippen LogP contribution < -0.4 is 5.56 Å². The first-order valence-electron chi connectivity index (χ1n) is 11.5. The number of thioether (sulfide) groups is 1. The number of rotatable bonds is 7. The highest BCUT2D eigenvalue weighted by Crippen LogP contribution is 2.36. The molecular weight excluding hydrogens is 448 g/mol. The average Bonchev–Trinajstić information content (AvgIpc) is 3.20. The maximum absolute atomic E-state index is 13.9. The molecule has 0 saturated carbocycles. The first-order chi connectivity index (χ1) is 16.1. The molecule has 4 nitrogen and oxygen atoms in total. The van der Waals surface area contributed by atoms with Crippen molar-refractivity contribution in [1.82, 2.24) is 9.55 Å². The summed E-state index contributed by atoms with van der Waals surface area (Å²) in [7, 11) is 0. The minimum absolute atomic E-state index is 0.0768. The van der Waals surface area contributed by atoms with E-state index in [9.17, 15) is 4.79 Å². The Hall–Kier alpha value is -2.41. The van der Waals surface area contributed by atoms with Gasteiger partial charge in [-0.3, -0.25) is 9.36 Å². The Labute approximate surface area is 202 Å². The number of aryl methyl sites for hydroxylation is 1. The van der Waals surface area contributed by atoms with Gasteiger partial charge in [-0.25, -0.2) is 4.98 Å². The lowest BCUT2D eigenvalue weighted by molar-refractivity contribution is 0.00200. The third-order valence-electron chi connectivity index (χ3n) is 6.18. The molecule has 1 aliphatic rings. The molecule has 1 aliphatic heterocycles. The number of thiophene rings is 1. The second-order valence-corrected chi connectivity index (χ2v) is 11.0. The lowest BCUT2D eigenvalue weighted by Crippen LogP contribution is -2.28. The summed E-state index contributed by atoms with van der Waals surface area (Å²) in [5.41, 5.74) is 3.64. The number of fused-ring (bicyclic) bond motifs is 3. The van der Waals surface area contributed by atoms with Crippen molar-refractivity contribution >= 4 is 33.3 Å². The molecule has 0 aliphatic carbocycles. The lowest BCUT2D eigenvalue weighted by Gasteiger charge is -2.26. The van der Waals surface area contributed by atoms with Gasteiger partial charge in [-0.15, -0.1) is 11.3 Å². The molecule has 0 amide bonds. The Kier molecular flexibility index (Phi) is 6.67. The van der Waals surface area contributed by atoms with E-state index in [0.29, 0.717) is 19.1 Å². The van der Waals surface area contributed by atoms with Gasteiger partial charge in [0.05, 0.1) is 24.6 Å². The maximum atomic E-state index is 13.9. The van der Waals surface area contributed by atoms with Crippen LogP contribution >= 0.6 is 23.1 Å². The van der Waals surface area contributed by atoms with E-state index >= 15 is 0 Å². The van der Waals surface area contributed by atoms with Crippen LogP contribution in [-0.4, -0.2) is 21.4 Å². The average molecular weight is 477 g/mol. The summed E-state index contributed by atoms with van der Waals surface area (Å²) in [5.74, 6) is 1.29. The smallest absolute Gasteiger partial charge is 0.263 e. The normalized spacial score (nSPS) is 15.8. The van der Waals surface area contributed by atoms with Gasteiger partial charge in [-0.05, 0) is 29.0 Å². The zero-order valence-corrected chi connectivity index (χ0v) is 20.6. The topological polar surface area (TPSA) is 44.1 Å². The monoisotopic (exact) mass is 476 g/mol. The van der Waals surface area contributed by atoms with Crippen LogP contribution in [0, 0.1) is 5.92 Å². The van der Waals surface area contributed by atoms with Crippen molar-refractivity contribution in [2.24, 2.45) is 5.92 Å². The molecule has 1 atom stereocenters. The molecule has 0 N–H and O–H groups in total. The van der Waals surface area contributed by atoms with Crippen molar-refractivity contribution in [3.05, 3.63) is 92.6 Å². The number of aromatic nitrogens is 2. The Bertz CT molecular complexity index is 1300. The largest absolute Gasteiger partial charge is 0.372 e. The van der Waals surface area contributed by atoms with E-state index in [1.165, 1.54) is 5.56 Å². The predicted octanol–water partition coefficient (Wildman–Crippen LogP) is 5.94. The molecular formula is C27H28N2O2S2. The van der Waals surface area contributed by atoms with Crippen LogP contribution in [0.5, 0.6) is 0 Å². The van der Waals surface area contributed by atoms with Gasteiger partial charge in [-0.2, -0.15) is 0 Å². The van der Waals surface area contributed by atoms with Crippen LogP contribution in [-0.2, 0) is 30.7 Å². The summed E-state index contributed by atoms with van der Waals surface area (Å²) in [6.45, 7) is 5.47. The first-order valence-corrected chi connectivity index (χ1v) is 13.3. The highest BCUT2D eigenvalue weighted by Gasteiger charge is 2.28. The van der Waals surface area contributed by atoms with Crippen molar-refractivity contribution in [3.63, 3.8) is 0 Å². The van der Waals surface area contributed by atoms with E-state index in [0.717, 1.165) is 50.0 Å². The summed E-state index contributed by atoms with van der Waals surface area (Å²) >= 11 is 3.29. The summed E-state index contributed by atoms with van der Waals surface area (Å²) in [5, 5.41) is 1.60. The summed E-state index contributed by atoms with van der Waals surface area (Å²) in [4.78, 5) is 20.9. The van der Waals surface area contributed by atoms with Crippen molar-refractivity contribution in [2.75, 3.05) is 5.75 Å². The van der Waals surface area contributed by atoms with E-state index in [4.69, 9.17) is 9.72 Å². The maximum Gasteiger partial charge on any atom is 0.263 e. The van der Waals surface area contributed by atoms with Crippen LogP contribution in [0.3, 0.4) is 0 Å². The molecule has 0 spiro atoms. The van der Waals surface area contributed by atoms with E-state index < -0.39 is 0 Å². The molecule has 4 aromatic rings. The number of hydrogen-bond donors (Lipinski definition) is 0. The highest BCUT2D eigenvalue weighted by molar-refractivity contribution is 7.99. The van der Waals surface area contributed by atoms with Gasteiger partial charge >= 0.3 is 0 Å². The van der Waals surface area contributed by atoms with E-state index in [2.05, 4.69) is 50.2 Å². The molecule has 5 rings (SSSR count). The minimum atomic E-state index is 0.0768. The Balaban J connectivity index is 1.53. The minimum Gasteiger partial charge on any atom is -0.372 e. The van der Waals surface area contributed by atoms with Gasteiger partial charge in [0.15, 0.2) is 5.16 Å². The fraction of sp³-hybridized carbons (Fsp3) is 0.333. The van der Waals surface area contributed by atoms with Gasteiger partial charge in [-0.1, -0.05) is 86.3 Å². The fourth-order valence-corrected chi connectivity index (χ4v) is 6.44. The van der Waals surface area contributed by atoms with Gasteiger partial charge in [0, 0.05) is 17.1 Å². The van der Waals surface area contributed by atoms with Crippen LogP contribution in [0.25, 0.3) is 10.2 Å². The molecule has 0 bridgehead atoms. The zero-order chi connectivity index (χ0) is 22.8. The SMILES string of the molecule is CC(C)[C@@H]1Cc2c(sc3nc(SCCc4ccccc4)n(Cc4ccccc4)c(=O)c23)CO1. The highest BCUT2D eigenvalue weighted by atomic mass is 32.2. The Morgan fingerprint density at radius 2 is 1.79 bits per heavy atom. The molecule has 170 valence electrons. The Morgan fingerprint density at radius 1 is 1.09 bits per heavy atom. The molecule has 3 heterocycles. The molecule has 2 aromatic carbocycles. The first kappa shape index (κ1) is 22.4. The molecule has 0 saturated heterocycles. The standard InChI is InChI=1S/C27H28N2O2S2/c1-18(2)22-15-21-23(17-31-22)33-25-24(21)26(30)29(16-20-11-7-4-8-12-20)27(28-25)32-14-13-19-9-5-3-6-10-19/h3-12,18,22H,13-17H2,1-2H3/t22-/m0/s1. The second kappa shape index (κ2) is 9.84. The van der Waals surface area contributed by atoms with Crippen molar-refractivity contribution in [1.29, 1.82) is 0 Å². The summed E-state index contributed by atoms with van der Waals surface area (Å²) in [6, 6.07) is 20.6. The predicted molar refractivity (Wildman–Crippen MR) is 137 cm³/mol. The van der Waals surface area contributed by atoms with Crippen molar-refractivity contribution in [2.45, 2.75) is 51.1 Å². The van der Waals surface area contributed by atoms with Crippen LogP contribution in [0.4, 0.5) is 0 Å². The van der Waals surface area contributed by atoms with Gasteiger partial charge in [0.25, 0.3) is 5.56 Å². The summed E-state index contributed by atoms with van der Waals surface area (Å²) < 4.78 is 7.95. The number of ether oxygens (including phenoxy) is 1. The van der Waals surface area contributed by atoms with E-state index in [-0.39, 0.29) is 11.7 Å². The van der Waals surface area contributed by atoms with E-state index in [1.807, 2.05) is 28.8 Å². The zero-order valence-electron chi connectivity index (χ0n) is 19.0. The van der Waals surface area contributed by atoms with Crippen molar-refractivity contribution in [3.8, 4) is 0 Å². The van der Waals surface area contributed by atoms with Crippen LogP contribution in [0.1, 0.15) is 35.4 Å². The van der Waals surface area contributed by atoms with E-state index in [1.54, 1.807) is 23.1 Å². The van der Waals surface area contributed by atoms with Gasteiger partial charge in [0.1, 0.15) is 4.83 Å². The lowest BCUT2D eigenvalue weighted by atomic mass is 9.96. The molecule has 0 fully saturated rings. The Morgan fingerprint density at radius 3 is 2.48 bits per heavy atom. The molecule has 0 unspecified atom stereocenters. The third-order valence-corrected chi connectivity index (χ3v) is 8.26. The second-order valence-electron chi connectivity index (χ2n) is 8.84. The quantitative estimate of drug-likeness (QED) is 0.245. The summed E-state index contributed by atoms with van der Waals surface area (Å²) in [6.07, 6.45) is 1.88. The molecule has 2 aromatic heterocycles. The number of nitrogens with zero attached hydrogens (tertiary/aromatic N) is 2. The molecule has 6 heteroatoms. The van der Waals surface area contributed by atoms with Crippen LogP contribution in [0.15, 0.2) is 70.6 Å². The number of hydrogen-bond acceptors (Lipinski definition) is 5. The van der Waals surface area contributed by atoms with Gasteiger partial charge in [0.2, 0.25) is 0 Å². The van der Waals surface area contributed by atoms with Gasteiger partial charge < -0.3 is 4.74 Å². The van der Waals surface area contributed by atoms with Crippen molar-refractivity contribution < 1.29 is 4.74 Å². The van der Waals surface area contributed by atoms with Crippen LogP contribution in [0.2, 0.25) is 0 Å². The third kappa shape index (κ3) is 4.79. The number of benzene rings is 2. The molecule has 0 radical (unpaired) electrons. The fourth-order valence-electron chi connectivity index (χ4n) is 4.29.